The Morgan fingerprint density at radius 2 is 2.05 bits per heavy atom. The zero-order valence-electron chi connectivity index (χ0n) is 11.4. The number of amides is 2. The van der Waals surface area contributed by atoms with Crippen molar-refractivity contribution in [3.05, 3.63) is 35.9 Å². The van der Waals surface area contributed by atoms with Crippen LogP contribution in [0, 0.1) is 12.3 Å². The molecule has 5 heteroatoms. The normalized spacial score (nSPS) is 11.2. The lowest BCUT2D eigenvalue weighted by Gasteiger charge is -2.17. The van der Waals surface area contributed by atoms with Crippen LogP contribution in [-0.4, -0.2) is 31.1 Å². The molecule has 20 heavy (non-hydrogen) atoms. The zero-order chi connectivity index (χ0) is 14.8. The Hall–Kier alpha value is -2.32. The molecule has 1 aromatic rings. The lowest BCUT2D eigenvalue weighted by Crippen LogP contribution is -2.48. The van der Waals surface area contributed by atoms with Crippen LogP contribution in [0.15, 0.2) is 30.3 Å². The number of hydrogen-bond acceptors (Lipinski definition) is 3. The summed E-state index contributed by atoms with van der Waals surface area (Å²) in [6.45, 7) is 1.88. The Labute approximate surface area is 118 Å². The van der Waals surface area contributed by atoms with Crippen LogP contribution in [0.5, 0.6) is 0 Å². The van der Waals surface area contributed by atoms with Gasteiger partial charge in [-0.05, 0) is 5.56 Å². The number of carbonyl (C=O) groups is 2. The molecular weight excluding hydrogens is 256 g/mol. The number of benzene rings is 1. The van der Waals surface area contributed by atoms with Crippen LogP contribution in [0.25, 0.3) is 0 Å². The maximum absolute atomic E-state index is 12.0. The average Bonchev–Trinajstić information content (AvgIpc) is 2.44. The van der Waals surface area contributed by atoms with Crippen molar-refractivity contribution in [1.82, 2.24) is 10.6 Å². The Morgan fingerprint density at radius 3 is 2.65 bits per heavy atom. The molecule has 0 unspecified atom stereocenters. The van der Waals surface area contributed by atoms with Gasteiger partial charge in [-0.3, -0.25) is 9.59 Å². The SMILES string of the molecule is C#CCOC[C@H](NC(C)=O)C(=O)NCc1ccccc1. The van der Waals surface area contributed by atoms with Gasteiger partial charge in [-0.15, -0.1) is 6.42 Å². The summed E-state index contributed by atoms with van der Waals surface area (Å²) in [6, 6.07) is 8.75. The fourth-order valence-electron chi connectivity index (χ4n) is 1.57. The molecule has 0 aromatic heterocycles. The van der Waals surface area contributed by atoms with Gasteiger partial charge in [0.25, 0.3) is 0 Å². The minimum Gasteiger partial charge on any atom is -0.366 e. The first kappa shape index (κ1) is 15.7. The van der Waals surface area contributed by atoms with Crippen molar-refractivity contribution in [2.75, 3.05) is 13.2 Å². The lowest BCUT2D eigenvalue weighted by atomic mass is 10.2. The smallest absolute Gasteiger partial charge is 0.245 e. The van der Waals surface area contributed by atoms with Crippen LogP contribution in [0.3, 0.4) is 0 Å². The second-order valence-electron chi connectivity index (χ2n) is 4.18. The van der Waals surface area contributed by atoms with Gasteiger partial charge in [0, 0.05) is 13.5 Å². The van der Waals surface area contributed by atoms with Crippen molar-refractivity contribution >= 4 is 11.8 Å². The van der Waals surface area contributed by atoms with Gasteiger partial charge in [-0.2, -0.15) is 0 Å². The first-order valence-electron chi connectivity index (χ1n) is 6.23. The highest BCUT2D eigenvalue weighted by Gasteiger charge is 2.19. The van der Waals surface area contributed by atoms with Crippen LogP contribution in [0.4, 0.5) is 0 Å². The molecule has 0 saturated heterocycles. The van der Waals surface area contributed by atoms with Gasteiger partial charge < -0.3 is 15.4 Å². The molecule has 0 aliphatic rings. The monoisotopic (exact) mass is 274 g/mol. The third kappa shape index (κ3) is 6.03. The van der Waals surface area contributed by atoms with Crippen molar-refractivity contribution < 1.29 is 14.3 Å². The summed E-state index contributed by atoms with van der Waals surface area (Å²) in [5, 5.41) is 5.28. The van der Waals surface area contributed by atoms with E-state index in [0.29, 0.717) is 6.54 Å². The van der Waals surface area contributed by atoms with Crippen molar-refractivity contribution in [3.63, 3.8) is 0 Å². The highest BCUT2D eigenvalue weighted by atomic mass is 16.5. The summed E-state index contributed by atoms with van der Waals surface area (Å²) in [5.41, 5.74) is 0.979. The van der Waals surface area contributed by atoms with Crippen LogP contribution in [0.1, 0.15) is 12.5 Å². The Morgan fingerprint density at radius 1 is 1.35 bits per heavy atom. The first-order chi connectivity index (χ1) is 9.63. The van der Waals surface area contributed by atoms with Crippen molar-refractivity contribution in [1.29, 1.82) is 0 Å². The molecule has 0 saturated carbocycles. The summed E-state index contributed by atoms with van der Waals surface area (Å²) < 4.78 is 5.11. The van der Waals surface area contributed by atoms with E-state index in [4.69, 9.17) is 11.2 Å². The minimum atomic E-state index is -0.746. The molecule has 0 spiro atoms. The van der Waals surface area contributed by atoms with Crippen LogP contribution >= 0.6 is 0 Å². The molecule has 1 aromatic carbocycles. The quantitative estimate of drug-likeness (QED) is 0.560. The van der Waals surface area contributed by atoms with Gasteiger partial charge in [0.15, 0.2) is 0 Å². The maximum atomic E-state index is 12.0. The molecule has 2 N–H and O–H groups in total. The van der Waals surface area contributed by atoms with E-state index in [2.05, 4.69) is 16.6 Å². The minimum absolute atomic E-state index is 0.0460. The van der Waals surface area contributed by atoms with E-state index >= 15 is 0 Å². The summed E-state index contributed by atoms with van der Waals surface area (Å²) >= 11 is 0. The second-order valence-corrected chi connectivity index (χ2v) is 4.18. The first-order valence-corrected chi connectivity index (χ1v) is 6.23. The van der Waals surface area contributed by atoms with E-state index < -0.39 is 6.04 Å². The number of carbonyl (C=O) groups excluding carboxylic acids is 2. The van der Waals surface area contributed by atoms with Gasteiger partial charge >= 0.3 is 0 Å². The molecule has 0 bridgehead atoms. The molecule has 2 amide bonds. The van der Waals surface area contributed by atoms with E-state index in [1.54, 1.807) is 0 Å². The molecule has 5 nitrogen and oxygen atoms in total. The molecule has 106 valence electrons. The number of terminal acetylenes is 1. The predicted molar refractivity (Wildman–Crippen MR) is 75.5 cm³/mol. The highest BCUT2D eigenvalue weighted by molar-refractivity contribution is 5.86. The van der Waals surface area contributed by atoms with E-state index in [1.165, 1.54) is 6.92 Å². The topological polar surface area (TPSA) is 67.4 Å². The number of ether oxygens (including phenoxy) is 1. The maximum Gasteiger partial charge on any atom is 0.245 e. The Balaban J connectivity index is 2.49. The lowest BCUT2D eigenvalue weighted by molar-refractivity contribution is -0.129. The van der Waals surface area contributed by atoms with Crippen molar-refractivity contribution in [2.45, 2.75) is 19.5 Å². The molecule has 0 heterocycles. The molecule has 1 atom stereocenters. The van der Waals surface area contributed by atoms with Gasteiger partial charge in [-0.25, -0.2) is 0 Å². The molecule has 1 rings (SSSR count). The summed E-state index contributed by atoms with van der Waals surface area (Å²) in [5.74, 6) is 1.70. The van der Waals surface area contributed by atoms with Crippen LogP contribution in [-0.2, 0) is 20.9 Å². The third-order valence-electron chi connectivity index (χ3n) is 2.47. The third-order valence-corrected chi connectivity index (χ3v) is 2.47. The molecule has 0 radical (unpaired) electrons. The number of nitrogens with one attached hydrogen (secondary N) is 2. The van der Waals surface area contributed by atoms with E-state index in [9.17, 15) is 9.59 Å². The average molecular weight is 274 g/mol. The van der Waals surface area contributed by atoms with Gasteiger partial charge in [-0.1, -0.05) is 36.3 Å². The van der Waals surface area contributed by atoms with Gasteiger partial charge in [0.1, 0.15) is 12.6 Å². The van der Waals surface area contributed by atoms with E-state index in [0.717, 1.165) is 5.56 Å². The van der Waals surface area contributed by atoms with Crippen molar-refractivity contribution in [2.24, 2.45) is 0 Å². The highest BCUT2D eigenvalue weighted by Crippen LogP contribution is 1.98. The number of hydrogen-bond donors (Lipinski definition) is 2. The molecular formula is C15H18N2O3. The fourth-order valence-corrected chi connectivity index (χ4v) is 1.57. The Kier molecular flexibility index (Phi) is 6.87. The second kappa shape index (κ2) is 8.73. The van der Waals surface area contributed by atoms with E-state index in [-0.39, 0.29) is 25.0 Å². The number of rotatable bonds is 7. The van der Waals surface area contributed by atoms with Gasteiger partial charge in [0.05, 0.1) is 6.61 Å². The van der Waals surface area contributed by atoms with Crippen LogP contribution in [0.2, 0.25) is 0 Å². The van der Waals surface area contributed by atoms with E-state index in [1.807, 2.05) is 30.3 Å². The van der Waals surface area contributed by atoms with Gasteiger partial charge in [0.2, 0.25) is 11.8 Å². The standard InChI is InChI=1S/C15H18N2O3/c1-3-9-20-11-14(17-12(2)18)15(19)16-10-13-7-5-4-6-8-13/h1,4-8,14H,9-11H2,2H3,(H,16,19)(H,17,18)/t14-/m0/s1. The van der Waals surface area contributed by atoms with Crippen LogP contribution < -0.4 is 10.6 Å². The summed E-state index contributed by atoms with van der Waals surface area (Å²) in [7, 11) is 0. The molecule has 0 fully saturated rings. The van der Waals surface area contributed by atoms with Crippen molar-refractivity contribution in [3.8, 4) is 12.3 Å². The summed E-state index contributed by atoms with van der Waals surface area (Å²) in [6.07, 6.45) is 5.06. The molecule has 0 aliphatic heterocycles. The molecule has 0 aliphatic carbocycles. The largest absolute Gasteiger partial charge is 0.366 e. The zero-order valence-corrected chi connectivity index (χ0v) is 11.4. The summed E-state index contributed by atoms with van der Waals surface area (Å²) in [4.78, 5) is 23.1. The predicted octanol–water partition coefficient (Wildman–Crippen LogP) is 0.457. The fraction of sp³-hybridized carbons (Fsp3) is 0.333. The Bertz CT molecular complexity index is 480.